The number of benzene rings is 1. The third-order valence-electron chi connectivity index (χ3n) is 3.53. The summed E-state index contributed by atoms with van der Waals surface area (Å²) < 4.78 is 6.30. The third kappa shape index (κ3) is 4.85. The molecular formula is C19H17N5O3. The van der Waals surface area contributed by atoms with Crippen molar-refractivity contribution < 1.29 is 14.3 Å². The van der Waals surface area contributed by atoms with Crippen molar-refractivity contribution in [3.8, 4) is 5.82 Å². The summed E-state index contributed by atoms with van der Waals surface area (Å²) in [6, 6.07) is 10.3. The van der Waals surface area contributed by atoms with Crippen molar-refractivity contribution in [1.29, 1.82) is 0 Å². The van der Waals surface area contributed by atoms with Crippen LogP contribution in [0.15, 0.2) is 61.3 Å². The minimum Gasteiger partial charge on any atom is -0.463 e. The van der Waals surface area contributed by atoms with Crippen LogP contribution in [0.3, 0.4) is 0 Å². The largest absolute Gasteiger partial charge is 0.463 e. The number of anilines is 1. The topological polar surface area (TPSA) is 99.0 Å². The van der Waals surface area contributed by atoms with E-state index in [9.17, 15) is 9.59 Å². The van der Waals surface area contributed by atoms with Crippen molar-refractivity contribution in [1.82, 2.24) is 19.7 Å². The van der Waals surface area contributed by atoms with Crippen LogP contribution in [0, 0.1) is 0 Å². The molecule has 0 aliphatic heterocycles. The minimum atomic E-state index is -0.393. The van der Waals surface area contributed by atoms with E-state index < -0.39 is 5.97 Å². The average Bonchev–Trinajstić information content (AvgIpc) is 3.23. The van der Waals surface area contributed by atoms with Crippen LogP contribution in [0.1, 0.15) is 22.8 Å². The lowest BCUT2D eigenvalue weighted by Gasteiger charge is -2.07. The first kappa shape index (κ1) is 18.0. The number of nitrogens with zero attached hydrogens (tertiary/aromatic N) is 4. The van der Waals surface area contributed by atoms with E-state index in [1.54, 1.807) is 49.4 Å². The third-order valence-corrected chi connectivity index (χ3v) is 3.53. The fourth-order valence-corrected chi connectivity index (χ4v) is 2.25. The molecule has 0 saturated carbocycles. The van der Waals surface area contributed by atoms with Gasteiger partial charge in [-0.05, 0) is 42.8 Å². The van der Waals surface area contributed by atoms with E-state index in [0.29, 0.717) is 23.7 Å². The number of nitrogens with one attached hydrogen (secondary N) is 1. The molecule has 0 spiro atoms. The maximum Gasteiger partial charge on any atom is 0.330 e. The Bertz CT molecular complexity index is 950. The molecule has 0 saturated heterocycles. The Kier molecular flexibility index (Phi) is 5.68. The summed E-state index contributed by atoms with van der Waals surface area (Å²) in [5.74, 6) is -0.163. The van der Waals surface area contributed by atoms with E-state index in [2.05, 4.69) is 20.4 Å². The van der Waals surface area contributed by atoms with Gasteiger partial charge in [-0.25, -0.2) is 19.4 Å². The lowest BCUT2D eigenvalue weighted by Crippen LogP contribution is -2.13. The molecule has 8 nitrogen and oxygen atoms in total. The summed E-state index contributed by atoms with van der Waals surface area (Å²) in [5.41, 5.74) is 1.90. The van der Waals surface area contributed by atoms with Crippen LogP contribution < -0.4 is 5.32 Å². The zero-order valence-corrected chi connectivity index (χ0v) is 14.6. The standard InChI is InChI=1S/C19H17N5O3/c1-2-27-18(25)8-5-14-3-6-16(7-4-14)23-19(26)15-9-10-21-17(11-15)24-13-20-12-22-24/h3-13H,2H2,1H3,(H,23,26). The van der Waals surface area contributed by atoms with E-state index in [0.717, 1.165) is 5.56 Å². The maximum atomic E-state index is 12.4. The zero-order valence-electron chi connectivity index (χ0n) is 14.6. The number of carbonyl (C=O) groups excluding carboxylic acids is 2. The van der Waals surface area contributed by atoms with Crippen molar-refractivity contribution in [2.24, 2.45) is 0 Å². The van der Waals surface area contributed by atoms with Crippen LogP contribution in [0.4, 0.5) is 5.69 Å². The highest BCUT2D eigenvalue weighted by atomic mass is 16.5. The molecule has 3 aromatic rings. The van der Waals surface area contributed by atoms with E-state index in [-0.39, 0.29) is 5.91 Å². The Hall–Kier alpha value is -3.81. The van der Waals surface area contributed by atoms with Crippen molar-refractivity contribution in [3.63, 3.8) is 0 Å². The first-order valence-corrected chi connectivity index (χ1v) is 8.23. The molecule has 27 heavy (non-hydrogen) atoms. The quantitative estimate of drug-likeness (QED) is 0.534. The zero-order chi connectivity index (χ0) is 19.1. The second-order valence-corrected chi connectivity index (χ2v) is 5.40. The van der Waals surface area contributed by atoms with Crippen LogP contribution in [-0.2, 0) is 9.53 Å². The van der Waals surface area contributed by atoms with Gasteiger partial charge < -0.3 is 10.1 Å². The van der Waals surface area contributed by atoms with E-state index >= 15 is 0 Å². The summed E-state index contributed by atoms with van der Waals surface area (Å²) in [6.07, 6.45) is 7.45. The molecule has 1 aromatic carbocycles. The Morgan fingerprint density at radius 2 is 2.04 bits per heavy atom. The first-order valence-electron chi connectivity index (χ1n) is 8.23. The highest BCUT2D eigenvalue weighted by Crippen LogP contribution is 2.13. The number of ether oxygens (including phenoxy) is 1. The maximum absolute atomic E-state index is 12.4. The predicted octanol–water partition coefficient (Wildman–Crippen LogP) is 2.49. The molecule has 136 valence electrons. The minimum absolute atomic E-state index is 0.270. The lowest BCUT2D eigenvalue weighted by molar-refractivity contribution is -0.137. The summed E-state index contributed by atoms with van der Waals surface area (Å²) >= 11 is 0. The van der Waals surface area contributed by atoms with Gasteiger partial charge in [0.2, 0.25) is 0 Å². The molecular weight excluding hydrogens is 346 g/mol. The van der Waals surface area contributed by atoms with Crippen LogP contribution in [0.2, 0.25) is 0 Å². The van der Waals surface area contributed by atoms with Gasteiger partial charge in [-0.1, -0.05) is 12.1 Å². The summed E-state index contributed by atoms with van der Waals surface area (Å²) in [5, 5.41) is 6.81. The van der Waals surface area contributed by atoms with Crippen molar-refractivity contribution in [2.45, 2.75) is 6.92 Å². The van der Waals surface area contributed by atoms with Crippen LogP contribution >= 0.6 is 0 Å². The number of rotatable bonds is 6. The number of hydrogen-bond acceptors (Lipinski definition) is 6. The molecule has 2 aromatic heterocycles. The highest BCUT2D eigenvalue weighted by Gasteiger charge is 2.09. The van der Waals surface area contributed by atoms with Gasteiger partial charge in [0.05, 0.1) is 6.61 Å². The van der Waals surface area contributed by atoms with Gasteiger partial charge in [0, 0.05) is 23.5 Å². The van der Waals surface area contributed by atoms with Crippen molar-refractivity contribution in [2.75, 3.05) is 11.9 Å². The molecule has 0 unspecified atom stereocenters. The Balaban J connectivity index is 1.66. The highest BCUT2D eigenvalue weighted by molar-refractivity contribution is 6.04. The Morgan fingerprint density at radius 3 is 2.74 bits per heavy atom. The Labute approximate surface area is 155 Å². The predicted molar refractivity (Wildman–Crippen MR) is 99.2 cm³/mol. The molecule has 0 bridgehead atoms. The molecule has 0 atom stereocenters. The van der Waals surface area contributed by atoms with Crippen LogP contribution in [0.5, 0.6) is 0 Å². The second kappa shape index (κ2) is 8.52. The molecule has 8 heteroatoms. The molecule has 0 aliphatic carbocycles. The second-order valence-electron chi connectivity index (χ2n) is 5.40. The molecule has 1 amide bonds. The Morgan fingerprint density at radius 1 is 1.22 bits per heavy atom. The first-order chi connectivity index (χ1) is 13.2. The number of carbonyl (C=O) groups is 2. The van der Waals surface area contributed by atoms with Gasteiger partial charge in [-0.15, -0.1) is 0 Å². The normalized spacial score (nSPS) is 10.7. The van der Waals surface area contributed by atoms with Gasteiger partial charge in [-0.3, -0.25) is 4.79 Å². The average molecular weight is 363 g/mol. The molecule has 1 N–H and O–H groups in total. The smallest absolute Gasteiger partial charge is 0.330 e. The molecule has 0 fully saturated rings. The van der Waals surface area contributed by atoms with Gasteiger partial charge >= 0.3 is 5.97 Å². The van der Waals surface area contributed by atoms with Crippen LogP contribution in [-0.4, -0.2) is 38.2 Å². The number of amides is 1. The lowest BCUT2D eigenvalue weighted by atomic mass is 10.2. The SMILES string of the molecule is CCOC(=O)C=Cc1ccc(NC(=O)c2ccnc(-n3cncn3)c2)cc1. The van der Waals surface area contributed by atoms with Gasteiger partial charge in [0.15, 0.2) is 5.82 Å². The fourth-order valence-electron chi connectivity index (χ4n) is 2.25. The summed E-state index contributed by atoms with van der Waals surface area (Å²) in [6.45, 7) is 2.09. The van der Waals surface area contributed by atoms with Crippen LogP contribution in [0.25, 0.3) is 11.9 Å². The molecule has 0 aliphatic rings. The number of esters is 1. The fraction of sp³-hybridized carbons (Fsp3) is 0.105. The number of aromatic nitrogens is 4. The summed E-state index contributed by atoms with van der Waals surface area (Å²) in [7, 11) is 0. The molecule has 0 radical (unpaired) electrons. The van der Waals surface area contributed by atoms with Crippen molar-refractivity contribution >= 4 is 23.6 Å². The number of hydrogen-bond donors (Lipinski definition) is 1. The van der Waals surface area contributed by atoms with E-state index in [1.165, 1.54) is 29.6 Å². The van der Waals surface area contributed by atoms with Crippen molar-refractivity contribution in [3.05, 3.63) is 72.5 Å². The number of pyridine rings is 1. The van der Waals surface area contributed by atoms with E-state index in [4.69, 9.17) is 4.74 Å². The van der Waals surface area contributed by atoms with Gasteiger partial charge in [0.1, 0.15) is 12.7 Å². The molecule has 2 heterocycles. The summed E-state index contributed by atoms with van der Waals surface area (Å²) in [4.78, 5) is 31.8. The van der Waals surface area contributed by atoms with Gasteiger partial charge in [-0.2, -0.15) is 5.10 Å². The molecule has 3 rings (SSSR count). The van der Waals surface area contributed by atoms with E-state index in [1.807, 2.05) is 0 Å². The van der Waals surface area contributed by atoms with Gasteiger partial charge in [0.25, 0.3) is 5.91 Å². The monoisotopic (exact) mass is 363 g/mol.